The second-order valence-corrected chi connectivity index (χ2v) is 3.13. The monoisotopic (exact) mass is 195 g/mol. The van der Waals surface area contributed by atoms with Gasteiger partial charge in [0.05, 0.1) is 19.6 Å². The van der Waals surface area contributed by atoms with E-state index in [-0.39, 0.29) is 0 Å². The molecule has 2 nitrogen and oxygen atoms in total. The Morgan fingerprint density at radius 2 is 2.23 bits per heavy atom. The Morgan fingerprint density at radius 1 is 1.54 bits per heavy atom. The van der Waals surface area contributed by atoms with Gasteiger partial charge in [0.15, 0.2) is 0 Å². The molecule has 3 heteroatoms. The fourth-order valence-corrected chi connectivity index (χ4v) is 1.31. The lowest BCUT2D eigenvalue weighted by Crippen LogP contribution is -1.90. The van der Waals surface area contributed by atoms with Gasteiger partial charge in [0, 0.05) is 5.02 Å². The zero-order valence-electron chi connectivity index (χ0n) is 7.60. The smallest absolute Gasteiger partial charge is 0.119 e. The van der Waals surface area contributed by atoms with Crippen LogP contribution in [0.5, 0.6) is 5.75 Å². The van der Waals surface area contributed by atoms with Crippen LogP contribution in [0.1, 0.15) is 11.1 Å². The minimum absolute atomic E-state index is 0.316. The molecule has 0 aromatic heterocycles. The number of benzene rings is 1. The van der Waals surface area contributed by atoms with E-state index in [0.29, 0.717) is 11.4 Å². The van der Waals surface area contributed by atoms with Crippen molar-refractivity contribution in [3.63, 3.8) is 0 Å². The molecule has 0 aliphatic heterocycles. The minimum Gasteiger partial charge on any atom is -0.497 e. The fourth-order valence-electron chi connectivity index (χ4n) is 1.14. The molecule has 0 unspecified atom stereocenters. The van der Waals surface area contributed by atoms with Crippen LogP contribution in [-0.2, 0) is 6.42 Å². The van der Waals surface area contributed by atoms with E-state index in [4.69, 9.17) is 21.6 Å². The summed E-state index contributed by atoms with van der Waals surface area (Å²) in [5.41, 5.74) is 1.76. The molecule has 0 heterocycles. The standard InChI is InChI=1S/C10H10ClNO/c1-7-5-9(13-2)6-8(3-4-12)10(7)11/h5-6H,3H2,1-2H3. The molecule has 0 spiro atoms. The molecule has 0 radical (unpaired) electrons. The number of hydrogen-bond acceptors (Lipinski definition) is 2. The average Bonchev–Trinajstić information content (AvgIpc) is 2.13. The zero-order valence-corrected chi connectivity index (χ0v) is 8.35. The first-order valence-corrected chi connectivity index (χ1v) is 4.26. The summed E-state index contributed by atoms with van der Waals surface area (Å²) in [7, 11) is 1.60. The highest BCUT2D eigenvalue weighted by Crippen LogP contribution is 2.26. The van der Waals surface area contributed by atoms with Gasteiger partial charge >= 0.3 is 0 Å². The fraction of sp³-hybridized carbons (Fsp3) is 0.300. The zero-order chi connectivity index (χ0) is 9.84. The number of rotatable bonds is 2. The maximum atomic E-state index is 8.55. The number of nitrogens with zero attached hydrogens (tertiary/aromatic N) is 1. The number of methoxy groups -OCH3 is 1. The Balaban J connectivity index is 3.18. The third-order valence-electron chi connectivity index (χ3n) is 1.81. The Bertz CT molecular complexity index is 355. The molecule has 13 heavy (non-hydrogen) atoms. The van der Waals surface area contributed by atoms with Crippen LogP contribution in [-0.4, -0.2) is 7.11 Å². The van der Waals surface area contributed by atoms with Crippen molar-refractivity contribution in [2.45, 2.75) is 13.3 Å². The summed E-state index contributed by atoms with van der Waals surface area (Å²) in [6.07, 6.45) is 0.316. The molecule has 0 aliphatic rings. The van der Waals surface area contributed by atoms with E-state index in [1.165, 1.54) is 0 Å². The first-order valence-electron chi connectivity index (χ1n) is 3.89. The van der Waals surface area contributed by atoms with Crippen LogP contribution in [0.3, 0.4) is 0 Å². The summed E-state index contributed by atoms with van der Waals surface area (Å²) >= 11 is 5.99. The molecule has 1 aromatic carbocycles. The first-order chi connectivity index (χ1) is 6.19. The van der Waals surface area contributed by atoms with Crippen molar-refractivity contribution in [1.82, 2.24) is 0 Å². The van der Waals surface area contributed by atoms with E-state index in [2.05, 4.69) is 6.07 Å². The maximum Gasteiger partial charge on any atom is 0.119 e. The van der Waals surface area contributed by atoms with Gasteiger partial charge in [0.1, 0.15) is 5.75 Å². The number of halogens is 1. The van der Waals surface area contributed by atoms with Gasteiger partial charge in [-0.05, 0) is 30.2 Å². The molecule has 0 amide bonds. The third kappa shape index (κ3) is 2.13. The van der Waals surface area contributed by atoms with Gasteiger partial charge in [-0.15, -0.1) is 0 Å². The van der Waals surface area contributed by atoms with Crippen molar-refractivity contribution in [2.24, 2.45) is 0 Å². The van der Waals surface area contributed by atoms with Gasteiger partial charge in [0.2, 0.25) is 0 Å². The van der Waals surface area contributed by atoms with Crippen LogP contribution in [0, 0.1) is 18.3 Å². The summed E-state index contributed by atoms with van der Waals surface area (Å²) in [6.45, 7) is 1.89. The Hall–Kier alpha value is -1.20. The van der Waals surface area contributed by atoms with Crippen molar-refractivity contribution in [3.8, 4) is 11.8 Å². The van der Waals surface area contributed by atoms with Crippen LogP contribution in [0.15, 0.2) is 12.1 Å². The molecule has 1 aromatic rings. The van der Waals surface area contributed by atoms with E-state index < -0.39 is 0 Å². The molecule has 0 atom stereocenters. The minimum atomic E-state index is 0.316. The van der Waals surface area contributed by atoms with Gasteiger partial charge in [0.25, 0.3) is 0 Å². The first kappa shape index (κ1) is 9.88. The van der Waals surface area contributed by atoms with Gasteiger partial charge in [-0.3, -0.25) is 0 Å². The normalized spacial score (nSPS) is 9.38. The third-order valence-corrected chi connectivity index (χ3v) is 2.35. The molecule has 0 saturated heterocycles. The highest BCUT2D eigenvalue weighted by atomic mass is 35.5. The van der Waals surface area contributed by atoms with Crippen LogP contribution in [0.25, 0.3) is 0 Å². The molecule has 0 saturated carbocycles. The molecular formula is C10H10ClNO. The van der Waals surface area contributed by atoms with Crippen LogP contribution in [0.4, 0.5) is 0 Å². The number of nitriles is 1. The molecular weight excluding hydrogens is 186 g/mol. The van der Waals surface area contributed by atoms with Crippen LogP contribution >= 0.6 is 11.6 Å². The highest BCUT2D eigenvalue weighted by molar-refractivity contribution is 6.32. The van der Waals surface area contributed by atoms with Crippen molar-refractivity contribution < 1.29 is 4.74 Å². The van der Waals surface area contributed by atoms with Crippen molar-refractivity contribution >= 4 is 11.6 Å². The largest absolute Gasteiger partial charge is 0.497 e. The molecule has 68 valence electrons. The maximum absolute atomic E-state index is 8.55. The lowest BCUT2D eigenvalue weighted by Gasteiger charge is -2.07. The Morgan fingerprint density at radius 3 is 2.77 bits per heavy atom. The van der Waals surface area contributed by atoms with E-state index in [0.717, 1.165) is 16.9 Å². The molecule has 0 fully saturated rings. The topological polar surface area (TPSA) is 33.0 Å². The molecule has 0 aliphatic carbocycles. The molecule has 0 N–H and O–H groups in total. The summed E-state index contributed by atoms with van der Waals surface area (Å²) in [6, 6.07) is 5.70. The quantitative estimate of drug-likeness (QED) is 0.727. The van der Waals surface area contributed by atoms with Gasteiger partial charge in [-0.2, -0.15) is 5.26 Å². The number of hydrogen-bond donors (Lipinski definition) is 0. The average molecular weight is 196 g/mol. The second-order valence-electron chi connectivity index (χ2n) is 2.75. The van der Waals surface area contributed by atoms with Crippen molar-refractivity contribution in [3.05, 3.63) is 28.3 Å². The van der Waals surface area contributed by atoms with E-state index >= 15 is 0 Å². The number of aryl methyl sites for hydroxylation is 1. The predicted octanol–water partition coefficient (Wildman–Crippen LogP) is 2.72. The Kier molecular flexibility index (Phi) is 3.16. The van der Waals surface area contributed by atoms with E-state index in [9.17, 15) is 0 Å². The summed E-state index contributed by atoms with van der Waals surface area (Å²) in [4.78, 5) is 0. The molecule has 1 rings (SSSR count). The SMILES string of the molecule is COc1cc(C)c(Cl)c(CC#N)c1. The van der Waals surface area contributed by atoms with Gasteiger partial charge in [-0.1, -0.05) is 11.6 Å². The molecule has 0 bridgehead atoms. The lowest BCUT2D eigenvalue weighted by atomic mass is 10.1. The van der Waals surface area contributed by atoms with Gasteiger partial charge < -0.3 is 4.74 Å². The van der Waals surface area contributed by atoms with Crippen molar-refractivity contribution in [1.29, 1.82) is 5.26 Å². The van der Waals surface area contributed by atoms with Crippen LogP contribution < -0.4 is 4.74 Å². The predicted molar refractivity (Wildman–Crippen MR) is 52.1 cm³/mol. The summed E-state index contributed by atoms with van der Waals surface area (Å²) in [5.74, 6) is 0.743. The van der Waals surface area contributed by atoms with Crippen molar-refractivity contribution in [2.75, 3.05) is 7.11 Å². The number of ether oxygens (including phenoxy) is 1. The lowest BCUT2D eigenvalue weighted by molar-refractivity contribution is 0.414. The van der Waals surface area contributed by atoms with E-state index in [1.54, 1.807) is 13.2 Å². The Labute approximate surface area is 82.7 Å². The second kappa shape index (κ2) is 4.15. The summed E-state index contributed by atoms with van der Waals surface area (Å²) in [5, 5.41) is 9.20. The van der Waals surface area contributed by atoms with E-state index in [1.807, 2.05) is 13.0 Å². The summed E-state index contributed by atoms with van der Waals surface area (Å²) < 4.78 is 5.07. The highest BCUT2D eigenvalue weighted by Gasteiger charge is 2.05. The van der Waals surface area contributed by atoms with Crippen LogP contribution in [0.2, 0.25) is 5.02 Å². The van der Waals surface area contributed by atoms with Gasteiger partial charge in [-0.25, -0.2) is 0 Å².